The zero-order chi connectivity index (χ0) is 3.58. The van der Waals surface area contributed by atoms with Crippen molar-refractivity contribution in [2.75, 3.05) is 12.5 Å². The van der Waals surface area contributed by atoms with Crippen molar-refractivity contribution in [3.63, 3.8) is 0 Å². The fourth-order valence-electron chi connectivity index (χ4n) is 0. The minimum Gasteiger partial charge on any atom is -1.00 e. The summed E-state index contributed by atoms with van der Waals surface area (Å²) in [6, 6.07) is 0. The second kappa shape index (κ2) is 23.5. The van der Waals surface area contributed by atoms with Gasteiger partial charge in [0.05, 0.1) is 0 Å². The van der Waals surface area contributed by atoms with Crippen LogP contribution in [0.25, 0.3) is 0 Å². The molecule has 0 saturated heterocycles. The molecule has 0 bridgehead atoms. The summed E-state index contributed by atoms with van der Waals surface area (Å²) in [7, 11) is -0.611. The van der Waals surface area contributed by atoms with Gasteiger partial charge < -0.3 is 37.2 Å². The maximum atomic E-state index is 9.56. The summed E-state index contributed by atoms with van der Waals surface area (Å²) < 4.78 is 9.56. The molecule has 0 radical (unpaired) electrons. The summed E-state index contributed by atoms with van der Waals surface area (Å²) in [4.78, 5) is 0. The van der Waals surface area contributed by atoms with Crippen molar-refractivity contribution in [1.82, 2.24) is 0 Å². The predicted octanol–water partition coefficient (Wildman–Crippen LogP) is -9.37. The molecule has 0 aromatic carbocycles. The van der Waals surface area contributed by atoms with E-state index in [-0.39, 0.29) is 54.6 Å². The van der Waals surface area contributed by atoms with Gasteiger partial charge in [0.25, 0.3) is 0 Å². The van der Waals surface area contributed by atoms with E-state index in [9.17, 15) is 4.21 Å². The first kappa shape index (κ1) is 33.7. The second-order valence-electron chi connectivity index (χ2n) is 0.742. The Labute approximate surface area is 81.8 Å². The molecular formula is C2H6AlCl3OS. The first-order valence-corrected chi connectivity index (χ1v) is 2.95. The van der Waals surface area contributed by atoms with Crippen molar-refractivity contribution >= 4 is 28.2 Å². The fraction of sp³-hybridized carbons (Fsp3) is 1.00. The van der Waals surface area contributed by atoms with E-state index in [1.54, 1.807) is 12.5 Å². The number of hydrogen-bond donors (Lipinski definition) is 0. The molecule has 8 heavy (non-hydrogen) atoms. The Hall–Kier alpha value is 1.55. The van der Waals surface area contributed by atoms with Gasteiger partial charge in [-0.3, -0.25) is 4.21 Å². The average Bonchev–Trinajstić information content (AvgIpc) is 0.811. The van der Waals surface area contributed by atoms with Gasteiger partial charge in [-0.2, -0.15) is 0 Å². The summed E-state index contributed by atoms with van der Waals surface area (Å²) >= 11 is 0. The van der Waals surface area contributed by atoms with Crippen LogP contribution in [0.2, 0.25) is 0 Å². The van der Waals surface area contributed by atoms with E-state index in [0.29, 0.717) is 0 Å². The summed E-state index contributed by atoms with van der Waals surface area (Å²) in [5.41, 5.74) is 0. The molecule has 6 heteroatoms. The topological polar surface area (TPSA) is 17.1 Å². The van der Waals surface area contributed by atoms with Crippen molar-refractivity contribution in [2.24, 2.45) is 0 Å². The third-order valence-corrected chi connectivity index (χ3v) is 0. The molecule has 0 aliphatic rings. The molecule has 50 valence electrons. The van der Waals surface area contributed by atoms with Gasteiger partial charge in [0.2, 0.25) is 0 Å². The third kappa shape index (κ3) is 135. The van der Waals surface area contributed by atoms with Gasteiger partial charge in [-0.25, -0.2) is 0 Å². The van der Waals surface area contributed by atoms with Crippen molar-refractivity contribution in [2.45, 2.75) is 0 Å². The smallest absolute Gasteiger partial charge is 1.00 e. The van der Waals surface area contributed by atoms with Crippen molar-refractivity contribution < 1.29 is 41.4 Å². The molecule has 0 saturated carbocycles. The van der Waals surface area contributed by atoms with E-state index in [1.165, 1.54) is 0 Å². The van der Waals surface area contributed by atoms with E-state index in [2.05, 4.69) is 0 Å². The summed E-state index contributed by atoms with van der Waals surface area (Å²) in [5, 5.41) is 0. The SMILES string of the molecule is CS(C)=O.[Al+3].[Cl-].[Cl-].[Cl-]. The Morgan fingerprint density at radius 3 is 1.00 bits per heavy atom. The van der Waals surface area contributed by atoms with Crippen LogP contribution in [0.15, 0.2) is 0 Å². The quantitative estimate of drug-likeness (QED) is 0.364. The van der Waals surface area contributed by atoms with E-state index >= 15 is 0 Å². The Balaban J connectivity index is -0.00000000750. The van der Waals surface area contributed by atoms with Crippen molar-refractivity contribution in [3.05, 3.63) is 0 Å². The molecule has 1 nitrogen and oxygen atoms in total. The van der Waals surface area contributed by atoms with E-state index < -0.39 is 10.8 Å². The third-order valence-electron chi connectivity index (χ3n) is 0. The zero-order valence-electron chi connectivity index (χ0n) is 4.53. The van der Waals surface area contributed by atoms with E-state index in [0.717, 1.165) is 0 Å². The first-order valence-electron chi connectivity index (χ1n) is 0.983. The zero-order valence-corrected chi connectivity index (χ0v) is 8.77. The van der Waals surface area contributed by atoms with Crippen LogP contribution < -0.4 is 37.2 Å². The molecule has 0 aliphatic carbocycles. The summed E-state index contributed by atoms with van der Waals surface area (Å²) in [5.74, 6) is 0. The molecule has 0 aromatic heterocycles. The van der Waals surface area contributed by atoms with Gasteiger partial charge >= 0.3 is 17.4 Å². The van der Waals surface area contributed by atoms with Gasteiger partial charge in [-0.05, 0) is 0 Å². The molecule has 0 aliphatic heterocycles. The molecule has 0 spiro atoms. The molecule has 0 rings (SSSR count). The molecule has 0 atom stereocenters. The van der Waals surface area contributed by atoms with Crippen LogP contribution >= 0.6 is 0 Å². The number of halogens is 3. The minimum atomic E-state index is -0.611. The molecule has 0 unspecified atom stereocenters. The van der Waals surface area contributed by atoms with Gasteiger partial charge in [-0.15, -0.1) is 0 Å². The maximum Gasteiger partial charge on any atom is 3.00 e. The van der Waals surface area contributed by atoms with Crippen LogP contribution in [0, 0.1) is 0 Å². The number of hydrogen-bond acceptors (Lipinski definition) is 1. The van der Waals surface area contributed by atoms with Crippen molar-refractivity contribution in [1.29, 1.82) is 0 Å². The molecule has 0 aromatic rings. The van der Waals surface area contributed by atoms with Crippen LogP contribution in [-0.4, -0.2) is 34.1 Å². The summed E-state index contributed by atoms with van der Waals surface area (Å²) in [6.07, 6.45) is 3.28. The molecule has 0 amide bonds. The Morgan fingerprint density at radius 1 is 1.00 bits per heavy atom. The molecule has 0 N–H and O–H groups in total. The predicted molar refractivity (Wildman–Crippen MR) is 25.7 cm³/mol. The van der Waals surface area contributed by atoms with Gasteiger partial charge in [0.15, 0.2) is 0 Å². The van der Waals surface area contributed by atoms with Crippen LogP contribution in [0.1, 0.15) is 0 Å². The standard InChI is InChI=1S/C2H6OS.Al.3ClH/c1-4(2)3;;;;/h1-2H3;;3*1H/q;+3;;;/p-3. The van der Waals surface area contributed by atoms with E-state index in [1.807, 2.05) is 0 Å². The van der Waals surface area contributed by atoms with E-state index in [4.69, 9.17) is 0 Å². The Morgan fingerprint density at radius 2 is 1.00 bits per heavy atom. The summed E-state index contributed by atoms with van der Waals surface area (Å²) in [6.45, 7) is 0. The van der Waals surface area contributed by atoms with Crippen LogP contribution in [0.4, 0.5) is 0 Å². The average molecular weight is 211 g/mol. The minimum absolute atomic E-state index is 0. The Kier molecular flexibility index (Phi) is 99.2. The molecule has 0 heterocycles. The monoisotopic (exact) mass is 210 g/mol. The van der Waals surface area contributed by atoms with Gasteiger partial charge in [0.1, 0.15) is 0 Å². The van der Waals surface area contributed by atoms with Gasteiger partial charge in [-0.1, -0.05) is 0 Å². The van der Waals surface area contributed by atoms with Crippen LogP contribution in [0.5, 0.6) is 0 Å². The molecule has 0 fully saturated rings. The first-order chi connectivity index (χ1) is 1.73. The number of rotatable bonds is 0. The maximum absolute atomic E-state index is 9.56. The fourth-order valence-corrected chi connectivity index (χ4v) is 0. The van der Waals surface area contributed by atoms with Crippen LogP contribution in [0.3, 0.4) is 0 Å². The van der Waals surface area contributed by atoms with Gasteiger partial charge in [0, 0.05) is 23.3 Å². The molecular weight excluding hydrogens is 205 g/mol. The van der Waals surface area contributed by atoms with Crippen molar-refractivity contribution in [3.8, 4) is 0 Å². The second-order valence-corrected chi connectivity index (χ2v) is 2.22. The normalized spacial score (nSPS) is 4.38. The van der Waals surface area contributed by atoms with Crippen LogP contribution in [-0.2, 0) is 10.8 Å². The largest absolute Gasteiger partial charge is 3.00 e. The Bertz CT molecular complexity index is 40.3.